The quantitative estimate of drug-likeness (QED) is 0.471. The molecule has 0 unspecified atom stereocenters. The molecule has 11 heteroatoms. The normalized spacial score (nSPS) is 15.3. The van der Waals surface area contributed by atoms with Crippen LogP contribution in [0.1, 0.15) is 25.3 Å². The number of halogens is 1. The third-order valence-corrected chi connectivity index (χ3v) is 7.49. The summed E-state index contributed by atoms with van der Waals surface area (Å²) in [6, 6.07) is 8.73. The van der Waals surface area contributed by atoms with Gasteiger partial charge in [0.2, 0.25) is 15.9 Å². The second-order valence-corrected chi connectivity index (χ2v) is 9.79. The first-order valence-corrected chi connectivity index (χ1v) is 11.9. The molecule has 0 spiro atoms. The molecule has 9 nitrogen and oxygen atoms in total. The summed E-state index contributed by atoms with van der Waals surface area (Å²) in [4.78, 5) is 23.2. The number of nitrogens with zero attached hydrogens (tertiary/aromatic N) is 2. The number of amides is 1. The average Bonchev–Trinajstić information content (AvgIpc) is 2.76. The number of non-ortho nitro benzene ring substituents is 1. The monoisotopic (exact) mass is 481 g/mol. The summed E-state index contributed by atoms with van der Waals surface area (Å²) in [6.45, 7) is 4.13. The Morgan fingerprint density at radius 2 is 1.94 bits per heavy atom. The molecule has 2 aromatic carbocycles. The highest BCUT2D eigenvalue weighted by Gasteiger charge is 2.34. The van der Waals surface area contributed by atoms with E-state index < -0.39 is 20.9 Å². The van der Waals surface area contributed by atoms with Crippen LogP contribution < -0.4 is 10.1 Å². The minimum Gasteiger partial charge on any atom is -0.492 e. The van der Waals surface area contributed by atoms with Crippen molar-refractivity contribution in [2.45, 2.75) is 31.6 Å². The molecule has 0 aliphatic carbocycles. The number of hydrogen-bond acceptors (Lipinski definition) is 6. The minimum absolute atomic E-state index is 0.00183. The molecular formula is C21H24ClN3O6S. The summed E-state index contributed by atoms with van der Waals surface area (Å²) in [5, 5.41) is 14.0. The fraction of sp³-hybridized carbons (Fsp3) is 0.381. The van der Waals surface area contributed by atoms with Gasteiger partial charge in [-0.1, -0.05) is 17.7 Å². The molecular weight excluding hydrogens is 458 g/mol. The molecule has 32 heavy (non-hydrogen) atoms. The van der Waals surface area contributed by atoms with Gasteiger partial charge in [0.15, 0.2) is 0 Å². The van der Waals surface area contributed by atoms with Gasteiger partial charge in [0.05, 0.1) is 17.2 Å². The largest absolute Gasteiger partial charge is 0.492 e. The molecule has 0 aromatic heterocycles. The number of nitro groups is 1. The number of nitro benzene ring substituents is 1. The van der Waals surface area contributed by atoms with E-state index in [0.29, 0.717) is 30.7 Å². The summed E-state index contributed by atoms with van der Waals surface area (Å²) in [7, 11) is -3.85. The number of carbonyl (C=O) groups excluding carboxylic acids is 1. The van der Waals surface area contributed by atoms with E-state index in [-0.39, 0.29) is 40.4 Å². The standard InChI is InChI=1S/C21H24ClN3O6S/c1-3-31-19-7-5-16(22)12-20(19)32(29,30)24-10-8-15(9-11-24)21(26)23-18-13-17(25(27)28)6-4-14(18)2/h4-7,12-13,15H,3,8-11H2,1-2H3,(H,23,26). The van der Waals surface area contributed by atoms with Crippen molar-refractivity contribution in [2.24, 2.45) is 5.92 Å². The van der Waals surface area contributed by atoms with Crippen LogP contribution in [0.15, 0.2) is 41.3 Å². The highest BCUT2D eigenvalue weighted by atomic mass is 35.5. The molecule has 1 amide bonds. The van der Waals surface area contributed by atoms with Gasteiger partial charge in [0.25, 0.3) is 5.69 Å². The maximum absolute atomic E-state index is 13.2. The number of anilines is 1. The van der Waals surface area contributed by atoms with Gasteiger partial charge in [-0.2, -0.15) is 4.31 Å². The average molecular weight is 482 g/mol. The van der Waals surface area contributed by atoms with Gasteiger partial charge in [0.1, 0.15) is 10.6 Å². The lowest BCUT2D eigenvalue weighted by molar-refractivity contribution is -0.384. The smallest absolute Gasteiger partial charge is 0.271 e. The lowest BCUT2D eigenvalue weighted by Gasteiger charge is -2.31. The van der Waals surface area contributed by atoms with E-state index in [1.165, 1.54) is 28.6 Å². The molecule has 1 aliphatic heterocycles. The zero-order valence-electron chi connectivity index (χ0n) is 17.7. The van der Waals surface area contributed by atoms with Crippen LogP contribution in [-0.4, -0.2) is 43.2 Å². The predicted molar refractivity (Wildman–Crippen MR) is 121 cm³/mol. The lowest BCUT2D eigenvalue weighted by atomic mass is 9.97. The number of sulfonamides is 1. The van der Waals surface area contributed by atoms with Crippen molar-refractivity contribution in [2.75, 3.05) is 25.0 Å². The van der Waals surface area contributed by atoms with Crippen molar-refractivity contribution in [1.82, 2.24) is 4.31 Å². The van der Waals surface area contributed by atoms with Crippen LogP contribution in [0, 0.1) is 23.0 Å². The van der Waals surface area contributed by atoms with Gasteiger partial charge in [-0.3, -0.25) is 14.9 Å². The fourth-order valence-electron chi connectivity index (χ4n) is 3.55. The van der Waals surface area contributed by atoms with Gasteiger partial charge in [-0.15, -0.1) is 0 Å². The minimum atomic E-state index is -3.85. The van der Waals surface area contributed by atoms with Crippen LogP contribution in [0.4, 0.5) is 11.4 Å². The van der Waals surface area contributed by atoms with Crippen molar-refractivity contribution in [1.29, 1.82) is 0 Å². The SMILES string of the molecule is CCOc1ccc(Cl)cc1S(=O)(=O)N1CCC(C(=O)Nc2cc([N+](=O)[O-])ccc2C)CC1. The maximum atomic E-state index is 13.2. The Morgan fingerprint density at radius 3 is 2.56 bits per heavy atom. The third-order valence-electron chi connectivity index (χ3n) is 5.34. The highest BCUT2D eigenvalue weighted by Crippen LogP contribution is 2.32. The number of nitrogens with one attached hydrogen (secondary N) is 1. The van der Waals surface area contributed by atoms with Gasteiger partial charge in [0, 0.05) is 36.2 Å². The molecule has 1 heterocycles. The van der Waals surface area contributed by atoms with Crippen LogP contribution in [0.25, 0.3) is 0 Å². The van der Waals surface area contributed by atoms with Gasteiger partial charge < -0.3 is 10.1 Å². The molecule has 0 radical (unpaired) electrons. The van der Waals surface area contributed by atoms with E-state index >= 15 is 0 Å². The summed E-state index contributed by atoms with van der Waals surface area (Å²) >= 11 is 6.01. The number of rotatable bonds is 7. The molecule has 1 aliphatic rings. The zero-order chi connectivity index (χ0) is 23.5. The second-order valence-electron chi connectivity index (χ2n) is 7.45. The van der Waals surface area contributed by atoms with Gasteiger partial charge >= 0.3 is 0 Å². The molecule has 1 N–H and O–H groups in total. The molecule has 1 fully saturated rings. The van der Waals surface area contributed by atoms with Gasteiger partial charge in [-0.25, -0.2) is 8.42 Å². The number of ether oxygens (including phenoxy) is 1. The van der Waals surface area contributed by atoms with E-state index in [2.05, 4.69) is 5.32 Å². The number of carbonyl (C=O) groups is 1. The molecule has 3 rings (SSSR count). The first kappa shape index (κ1) is 24.0. The summed E-state index contributed by atoms with van der Waals surface area (Å²) < 4.78 is 33.1. The first-order valence-electron chi connectivity index (χ1n) is 10.1. The van der Waals surface area contributed by atoms with Crippen molar-refractivity contribution in [3.63, 3.8) is 0 Å². The van der Waals surface area contributed by atoms with E-state index in [1.54, 1.807) is 26.0 Å². The molecule has 172 valence electrons. The van der Waals surface area contributed by atoms with Gasteiger partial charge in [-0.05, 0) is 50.5 Å². The van der Waals surface area contributed by atoms with E-state index in [9.17, 15) is 23.3 Å². The highest BCUT2D eigenvalue weighted by molar-refractivity contribution is 7.89. The fourth-order valence-corrected chi connectivity index (χ4v) is 5.41. The molecule has 0 bridgehead atoms. The van der Waals surface area contributed by atoms with Crippen molar-refractivity contribution in [3.05, 3.63) is 57.1 Å². The van der Waals surface area contributed by atoms with Crippen LogP contribution in [0.3, 0.4) is 0 Å². The van der Waals surface area contributed by atoms with E-state index in [1.807, 2.05) is 0 Å². The Morgan fingerprint density at radius 1 is 1.25 bits per heavy atom. The summed E-state index contributed by atoms with van der Waals surface area (Å²) in [6.07, 6.45) is 0.646. The maximum Gasteiger partial charge on any atom is 0.271 e. The Bertz CT molecular complexity index is 1130. The van der Waals surface area contributed by atoms with Crippen LogP contribution >= 0.6 is 11.6 Å². The van der Waals surface area contributed by atoms with E-state index in [4.69, 9.17) is 16.3 Å². The number of aryl methyl sites for hydroxylation is 1. The second kappa shape index (κ2) is 9.85. The number of piperidine rings is 1. The number of hydrogen-bond donors (Lipinski definition) is 1. The molecule has 0 atom stereocenters. The van der Waals surface area contributed by atoms with Crippen LogP contribution in [0.2, 0.25) is 5.02 Å². The zero-order valence-corrected chi connectivity index (χ0v) is 19.3. The van der Waals surface area contributed by atoms with Crippen molar-refractivity contribution < 1.29 is 22.9 Å². The van der Waals surface area contributed by atoms with Crippen molar-refractivity contribution in [3.8, 4) is 5.75 Å². The Hall–Kier alpha value is -2.69. The molecule has 1 saturated heterocycles. The third kappa shape index (κ3) is 5.20. The Labute approximate surface area is 191 Å². The van der Waals surface area contributed by atoms with Crippen molar-refractivity contribution >= 4 is 38.9 Å². The van der Waals surface area contributed by atoms with E-state index in [0.717, 1.165) is 0 Å². The molecule has 2 aromatic rings. The summed E-state index contributed by atoms with van der Waals surface area (Å²) in [5.41, 5.74) is 0.964. The topological polar surface area (TPSA) is 119 Å². The predicted octanol–water partition coefficient (Wildman–Crippen LogP) is 3.99. The first-order chi connectivity index (χ1) is 15.1. The molecule has 0 saturated carbocycles. The number of benzene rings is 2. The Balaban J connectivity index is 1.70. The van der Waals surface area contributed by atoms with Crippen LogP contribution in [-0.2, 0) is 14.8 Å². The lowest BCUT2D eigenvalue weighted by Crippen LogP contribution is -2.41. The Kier molecular flexibility index (Phi) is 7.37. The van der Waals surface area contributed by atoms with Crippen LogP contribution in [0.5, 0.6) is 5.75 Å². The summed E-state index contributed by atoms with van der Waals surface area (Å²) in [5.74, 6) is -0.466.